The van der Waals surface area contributed by atoms with Crippen LogP contribution < -0.4 is 10.6 Å². The van der Waals surface area contributed by atoms with E-state index >= 15 is 0 Å². The first kappa shape index (κ1) is 11.3. The maximum absolute atomic E-state index is 4.34. The van der Waals surface area contributed by atoms with Crippen LogP contribution in [0.25, 0.3) is 0 Å². The van der Waals surface area contributed by atoms with Gasteiger partial charge in [0.15, 0.2) is 0 Å². The molecule has 0 bridgehead atoms. The average molecular weight is 297 g/mol. The van der Waals surface area contributed by atoms with Gasteiger partial charge in [-0.2, -0.15) is 0 Å². The number of aromatic nitrogens is 2. The van der Waals surface area contributed by atoms with Gasteiger partial charge < -0.3 is 10.6 Å². The molecule has 0 saturated heterocycles. The standard InChI is InChI=1S/C12H17BrN4/c1-14-11-9(13)12(16-6-15-11)17-10(7-2-3-7)8-4-5-8/h6-8,10H,2-5H2,1H3,(H2,14,15,16,17). The highest BCUT2D eigenvalue weighted by atomic mass is 79.9. The van der Waals surface area contributed by atoms with E-state index in [1.165, 1.54) is 25.7 Å². The lowest BCUT2D eigenvalue weighted by Gasteiger charge is -2.19. The van der Waals surface area contributed by atoms with Crippen LogP contribution in [-0.4, -0.2) is 23.1 Å². The summed E-state index contributed by atoms with van der Waals surface area (Å²) in [6, 6.07) is 0.617. The van der Waals surface area contributed by atoms with Crippen molar-refractivity contribution in [2.45, 2.75) is 31.7 Å². The summed E-state index contributed by atoms with van der Waals surface area (Å²) in [7, 11) is 1.87. The number of hydrogen-bond donors (Lipinski definition) is 2. The summed E-state index contributed by atoms with van der Waals surface area (Å²) in [6.07, 6.45) is 7.09. The molecule has 2 N–H and O–H groups in total. The zero-order valence-electron chi connectivity index (χ0n) is 9.91. The van der Waals surface area contributed by atoms with Crippen LogP contribution >= 0.6 is 15.9 Å². The third-order valence-electron chi connectivity index (χ3n) is 3.59. The molecule has 0 spiro atoms. The summed E-state index contributed by atoms with van der Waals surface area (Å²) in [5.41, 5.74) is 0. The second-order valence-corrected chi connectivity index (χ2v) is 5.77. The van der Waals surface area contributed by atoms with Gasteiger partial charge in [-0.3, -0.25) is 0 Å². The molecular formula is C12H17BrN4. The molecule has 17 heavy (non-hydrogen) atoms. The van der Waals surface area contributed by atoms with Gasteiger partial charge in [0.25, 0.3) is 0 Å². The van der Waals surface area contributed by atoms with E-state index in [0.29, 0.717) is 6.04 Å². The van der Waals surface area contributed by atoms with E-state index in [0.717, 1.165) is 27.9 Å². The van der Waals surface area contributed by atoms with Gasteiger partial charge in [-0.1, -0.05) is 0 Å². The fourth-order valence-electron chi connectivity index (χ4n) is 2.33. The summed E-state index contributed by atoms with van der Waals surface area (Å²) < 4.78 is 0.939. The Balaban J connectivity index is 1.78. The molecule has 0 radical (unpaired) electrons. The normalized spacial score (nSPS) is 19.5. The molecule has 1 aromatic heterocycles. The molecule has 0 aromatic carbocycles. The van der Waals surface area contributed by atoms with Crippen LogP contribution in [0.4, 0.5) is 11.6 Å². The monoisotopic (exact) mass is 296 g/mol. The third kappa shape index (κ3) is 2.39. The van der Waals surface area contributed by atoms with Crippen molar-refractivity contribution >= 4 is 27.6 Å². The Morgan fingerprint density at radius 3 is 2.29 bits per heavy atom. The molecule has 2 saturated carbocycles. The number of halogens is 1. The minimum absolute atomic E-state index is 0.617. The zero-order chi connectivity index (χ0) is 11.8. The Morgan fingerprint density at radius 2 is 1.76 bits per heavy atom. The fraction of sp³-hybridized carbons (Fsp3) is 0.667. The van der Waals surface area contributed by atoms with Crippen molar-refractivity contribution in [3.63, 3.8) is 0 Å². The van der Waals surface area contributed by atoms with Gasteiger partial charge in [0.05, 0.1) is 0 Å². The molecule has 2 aliphatic rings. The molecule has 1 aromatic rings. The lowest BCUT2D eigenvalue weighted by atomic mass is 10.1. The van der Waals surface area contributed by atoms with Crippen molar-refractivity contribution in [3.8, 4) is 0 Å². The van der Waals surface area contributed by atoms with E-state index in [1.54, 1.807) is 6.33 Å². The average Bonchev–Trinajstić information content (AvgIpc) is 3.19. The van der Waals surface area contributed by atoms with Crippen LogP contribution in [0.3, 0.4) is 0 Å². The summed E-state index contributed by atoms with van der Waals surface area (Å²) in [6.45, 7) is 0. The first-order chi connectivity index (χ1) is 8.29. The fourth-order valence-corrected chi connectivity index (χ4v) is 2.85. The predicted molar refractivity (Wildman–Crippen MR) is 72.1 cm³/mol. The van der Waals surface area contributed by atoms with Crippen molar-refractivity contribution in [1.82, 2.24) is 9.97 Å². The van der Waals surface area contributed by atoms with E-state index in [4.69, 9.17) is 0 Å². The van der Waals surface area contributed by atoms with Gasteiger partial charge in [-0.25, -0.2) is 9.97 Å². The highest BCUT2D eigenvalue weighted by Gasteiger charge is 2.41. The second kappa shape index (κ2) is 4.44. The number of nitrogens with one attached hydrogen (secondary N) is 2. The van der Waals surface area contributed by atoms with Crippen molar-refractivity contribution in [2.24, 2.45) is 11.8 Å². The maximum atomic E-state index is 4.34. The lowest BCUT2D eigenvalue weighted by molar-refractivity contribution is 0.565. The van der Waals surface area contributed by atoms with Crippen LogP contribution in [0, 0.1) is 11.8 Å². The highest BCUT2D eigenvalue weighted by molar-refractivity contribution is 9.10. The third-order valence-corrected chi connectivity index (χ3v) is 4.34. The van der Waals surface area contributed by atoms with Crippen LogP contribution in [0.2, 0.25) is 0 Å². The molecule has 2 aliphatic carbocycles. The Kier molecular flexibility index (Phi) is 2.94. The van der Waals surface area contributed by atoms with Crippen molar-refractivity contribution in [1.29, 1.82) is 0 Å². The Bertz CT molecular complexity index is 403. The van der Waals surface area contributed by atoms with Crippen molar-refractivity contribution in [2.75, 3.05) is 17.7 Å². The molecule has 4 nitrogen and oxygen atoms in total. The smallest absolute Gasteiger partial charge is 0.146 e. The van der Waals surface area contributed by atoms with Gasteiger partial charge in [0.2, 0.25) is 0 Å². The predicted octanol–water partition coefficient (Wildman–Crippen LogP) is 2.88. The van der Waals surface area contributed by atoms with Crippen LogP contribution in [0.1, 0.15) is 25.7 Å². The van der Waals surface area contributed by atoms with Gasteiger partial charge in [0.1, 0.15) is 22.4 Å². The Labute approximate surface area is 110 Å². The Morgan fingerprint density at radius 1 is 1.18 bits per heavy atom. The van der Waals surface area contributed by atoms with E-state index in [-0.39, 0.29) is 0 Å². The molecule has 3 rings (SSSR count). The van der Waals surface area contributed by atoms with Crippen LogP contribution in [0.15, 0.2) is 10.8 Å². The summed E-state index contributed by atoms with van der Waals surface area (Å²) in [5.74, 6) is 3.49. The maximum Gasteiger partial charge on any atom is 0.146 e. The zero-order valence-corrected chi connectivity index (χ0v) is 11.5. The van der Waals surface area contributed by atoms with Crippen molar-refractivity contribution < 1.29 is 0 Å². The van der Waals surface area contributed by atoms with E-state index < -0.39 is 0 Å². The van der Waals surface area contributed by atoms with Crippen LogP contribution in [-0.2, 0) is 0 Å². The molecule has 0 aliphatic heterocycles. The molecule has 0 atom stereocenters. The van der Waals surface area contributed by atoms with Crippen molar-refractivity contribution in [3.05, 3.63) is 10.8 Å². The van der Waals surface area contributed by atoms with E-state index in [9.17, 15) is 0 Å². The summed E-state index contributed by atoms with van der Waals surface area (Å²) >= 11 is 3.56. The largest absolute Gasteiger partial charge is 0.372 e. The number of rotatable bonds is 5. The first-order valence-corrected chi connectivity index (χ1v) is 7.03. The van der Waals surface area contributed by atoms with Gasteiger partial charge in [-0.05, 0) is 53.4 Å². The first-order valence-electron chi connectivity index (χ1n) is 6.24. The molecule has 0 amide bonds. The molecule has 1 heterocycles. The Hall–Kier alpha value is -0.840. The quantitative estimate of drug-likeness (QED) is 0.877. The number of anilines is 2. The second-order valence-electron chi connectivity index (χ2n) is 4.98. The molecule has 0 unspecified atom stereocenters. The van der Waals surface area contributed by atoms with Gasteiger partial charge in [-0.15, -0.1) is 0 Å². The minimum atomic E-state index is 0.617. The molecular weight excluding hydrogens is 280 g/mol. The molecule has 92 valence electrons. The highest BCUT2D eigenvalue weighted by Crippen LogP contribution is 2.46. The SMILES string of the molecule is CNc1ncnc(NC(C2CC2)C2CC2)c1Br. The molecule has 5 heteroatoms. The summed E-state index contributed by atoms with van der Waals surface area (Å²) in [5, 5.41) is 6.67. The van der Waals surface area contributed by atoms with Crippen LogP contribution in [0.5, 0.6) is 0 Å². The number of hydrogen-bond acceptors (Lipinski definition) is 4. The minimum Gasteiger partial charge on any atom is -0.372 e. The van der Waals surface area contributed by atoms with E-state index in [1.807, 2.05) is 7.05 Å². The molecule has 2 fully saturated rings. The number of nitrogens with zero attached hydrogens (tertiary/aromatic N) is 2. The van der Waals surface area contributed by atoms with E-state index in [2.05, 4.69) is 36.5 Å². The summed E-state index contributed by atoms with van der Waals surface area (Å²) in [4.78, 5) is 8.51. The lowest BCUT2D eigenvalue weighted by Crippen LogP contribution is -2.25. The van der Waals surface area contributed by atoms with Gasteiger partial charge >= 0.3 is 0 Å². The van der Waals surface area contributed by atoms with Gasteiger partial charge in [0, 0.05) is 13.1 Å². The topological polar surface area (TPSA) is 49.8 Å².